The lowest BCUT2D eigenvalue weighted by atomic mass is 10.0. The van der Waals surface area contributed by atoms with Crippen LogP contribution in [0.1, 0.15) is 25.3 Å². The second-order valence-corrected chi connectivity index (χ2v) is 8.21. The van der Waals surface area contributed by atoms with Gasteiger partial charge in [-0.15, -0.1) is 0 Å². The van der Waals surface area contributed by atoms with Crippen molar-refractivity contribution in [1.82, 2.24) is 0 Å². The normalized spacial score (nSPS) is 11.3. The molecule has 26 heavy (non-hydrogen) atoms. The molecule has 0 spiro atoms. The Kier molecular flexibility index (Phi) is 6.26. The van der Waals surface area contributed by atoms with E-state index in [-0.39, 0.29) is 29.0 Å². The van der Waals surface area contributed by atoms with Gasteiger partial charge in [0.1, 0.15) is 10.6 Å². The Bertz CT molecular complexity index is 892. The van der Waals surface area contributed by atoms with E-state index in [9.17, 15) is 13.2 Å². The molecule has 0 aliphatic carbocycles. The largest absolute Gasteiger partial charge is 0.495 e. The van der Waals surface area contributed by atoms with Gasteiger partial charge in [-0.05, 0) is 29.7 Å². The molecule has 2 aromatic carbocycles. The first kappa shape index (κ1) is 19.8. The number of carbonyl (C=O) groups excluding carboxylic acids is 1. The summed E-state index contributed by atoms with van der Waals surface area (Å²) in [5.74, 6) is 0.248. The number of amides is 1. The molecule has 2 aromatic rings. The zero-order valence-corrected chi connectivity index (χ0v) is 16.2. The molecule has 140 valence electrons. The molecule has 0 fully saturated rings. The number of carbonyl (C=O) groups is 1. The molecule has 0 unspecified atom stereocenters. The highest BCUT2D eigenvalue weighted by Crippen LogP contribution is 2.31. The zero-order valence-electron chi connectivity index (χ0n) is 15.4. The van der Waals surface area contributed by atoms with E-state index in [4.69, 9.17) is 4.74 Å². The molecule has 0 saturated carbocycles. The van der Waals surface area contributed by atoms with Gasteiger partial charge >= 0.3 is 0 Å². The highest BCUT2D eigenvalue weighted by molar-refractivity contribution is 7.91. The molecular formula is C19H24N2O4S. The van der Waals surface area contributed by atoms with Crippen molar-refractivity contribution in [2.45, 2.75) is 24.7 Å². The maximum absolute atomic E-state index is 12.3. The van der Waals surface area contributed by atoms with Gasteiger partial charge in [-0.25, -0.2) is 8.42 Å². The van der Waals surface area contributed by atoms with E-state index in [2.05, 4.69) is 24.5 Å². The molecule has 0 saturated heterocycles. The SMILES string of the molecule is COc1cccc(NCC(=O)Nc2ccccc2C(C)C)c1S(C)(=O)=O. The highest BCUT2D eigenvalue weighted by atomic mass is 32.2. The third kappa shape index (κ3) is 4.76. The first-order valence-corrected chi connectivity index (χ1v) is 10.1. The number of anilines is 2. The van der Waals surface area contributed by atoms with Gasteiger partial charge in [0.25, 0.3) is 0 Å². The Morgan fingerprint density at radius 2 is 1.73 bits per heavy atom. The quantitative estimate of drug-likeness (QED) is 0.775. The van der Waals surface area contributed by atoms with E-state index in [1.165, 1.54) is 7.11 Å². The summed E-state index contributed by atoms with van der Waals surface area (Å²) in [6.45, 7) is 4.04. The molecule has 0 aliphatic rings. The molecule has 0 aliphatic heterocycles. The predicted molar refractivity (Wildman–Crippen MR) is 104 cm³/mol. The van der Waals surface area contributed by atoms with Gasteiger partial charge in [0.15, 0.2) is 9.84 Å². The van der Waals surface area contributed by atoms with Crippen LogP contribution in [-0.4, -0.2) is 34.2 Å². The maximum Gasteiger partial charge on any atom is 0.243 e. The summed E-state index contributed by atoms with van der Waals surface area (Å²) >= 11 is 0. The average molecular weight is 376 g/mol. The molecular weight excluding hydrogens is 352 g/mol. The zero-order chi connectivity index (χ0) is 19.3. The molecule has 0 aromatic heterocycles. The van der Waals surface area contributed by atoms with E-state index < -0.39 is 9.84 Å². The molecule has 2 rings (SSSR count). The Balaban J connectivity index is 2.16. The van der Waals surface area contributed by atoms with Crippen molar-refractivity contribution in [3.63, 3.8) is 0 Å². The molecule has 1 amide bonds. The topological polar surface area (TPSA) is 84.5 Å². The standard InChI is InChI=1S/C19H24N2O4S/c1-13(2)14-8-5-6-9-15(14)21-18(22)12-20-16-10-7-11-17(25-3)19(16)26(4,23)24/h5-11,13,20H,12H2,1-4H3,(H,21,22). The van der Waals surface area contributed by atoms with Crippen LogP contribution in [0.4, 0.5) is 11.4 Å². The Morgan fingerprint density at radius 3 is 2.35 bits per heavy atom. The van der Waals surface area contributed by atoms with Crippen molar-refractivity contribution in [2.75, 3.05) is 30.5 Å². The summed E-state index contributed by atoms with van der Waals surface area (Å²) < 4.78 is 29.3. The summed E-state index contributed by atoms with van der Waals surface area (Å²) in [4.78, 5) is 12.4. The number of para-hydroxylation sites is 1. The maximum atomic E-state index is 12.3. The van der Waals surface area contributed by atoms with Crippen LogP contribution >= 0.6 is 0 Å². The first-order chi connectivity index (χ1) is 12.2. The van der Waals surface area contributed by atoms with Crippen LogP contribution in [0, 0.1) is 0 Å². The number of hydrogen-bond acceptors (Lipinski definition) is 5. The summed E-state index contributed by atoms with van der Waals surface area (Å²) in [5, 5.41) is 5.76. The van der Waals surface area contributed by atoms with Gasteiger partial charge in [-0.3, -0.25) is 4.79 Å². The van der Waals surface area contributed by atoms with Crippen molar-refractivity contribution in [2.24, 2.45) is 0 Å². The number of hydrogen-bond donors (Lipinski definition) is 2. The lowest BCUT2D eigenvalue weighted by Gasteiger charge is -2.16. The predicted octanol–water partition coefficient (Wildman–Crippen LogP) is 3.27. The lowest BCUT2D eigenvalue weighted by molar-refractivity contribution is -0.114. The first-order valence-electron chi connectivity index (χ1n) is 8.23. The minimum absolute atomic E-state index is 0.0397. The summed E-state index contributed by atoms with van der Waals surface area (Å²) in [6, 6.07) is 12.4. The molecule has 6 nitrogen and oxygen atoms in total. The van der Waals surface area contributed by atoms with E-state index in [1.807, 2.05) is 24.3 Å². The Morgan fingerprint density at radius 1 is 1.08 bits per heavy atom. The van der Waals surface area contributed by atoms with Crippen molar-refractivity contribution in [3.05, 3.63) is 48.0 Å². The number of benzene rings is 2. The van der Waals surface area contributed by atoms with E-state index in [0.29, 0.717) is 5.69 Å². The van der Waals surface area contributed by atoms with E-state index in [1.54, 1.807) is 18.2 Å². The molecule has 0 atom stereocenters. The number of nitrogens with one attached hydrogen (secondary N) is 2. The smallest absolute Gasteiger partial charge is 0.243 e. The van der Waals surface area contributed by atoms with E-state index >= 15 is 0 Å². The fourth-order valence-corrected chi connectivity index (χ4v) is 3.74. The third-order valence-corrected chi connectivity index (χ3v) is 5.03. The number of methoxy groups -OCH3 is 1. The summed E-state index contributed by atoms with van der Waals surface area (Å²) in [5.41, 5.74) is 2.13. The fourth-order valence-electron chi connectivity index (χ4n) is 2.68. The van der Waals surface area contributed by atoms with Crippen LogP contribution in [-0.2, 0) is 14.6 Å². The number of sulfone groups is 1. The number of rotatable bonds is 7. The van der Waals surface area contributed by atoms with Crippen LogP contribution < -0.4 is 15.4 Å². The van der Waals surface area contributed by atoms with Crippen LogP contribution in [0.25, 0.3) is 0 Å². The van der Waals surface area contributed by atoms with Crippen LogP contribution in [0.3, 0.4) is 0 Å². The number of ether oxygens (including phenoxy) is 1. The lowest BCUT2D eigenvalue weighted by Crippen LogP contribution is -2.23. The molecule has 0 radical (unpaired) electrons. The van der Waals surface area contributed by atoms with E-state index in [0.717, 1.165) is 17.5 Å². The molecule has 2 N–H and O–H groups in total. The van der Waals surface area contributed by atoms with Crippen molar-refractivity contribution < 1.29 is 17.9 Å². The Labute approximate surface area is 154 Å². The molecule has 0 bridgehead atoms. The summed E-state index contributed by atoms with van der Waals surface area (Å²) in [7, 11) is -2.11. The van der Waals surface area contributed by atoms with Crippen LogP contribution in [0.2, 0.25) is 0 Å². The fraction of sp³-hybridized carbons (Fsp3) is 0.316. The van der Waals surface area contributed by atoms with Crippen molar-refractivity contribution >= 4 is 27.1 Å². The second-order valence-electron chi connectivity index (χ2n) is 6.25. The van der Waals surface area contributed by atoms with Gasteiger partial charge in [0, 0.05) is 11.9 Å². The minimum Gasteiger partial charge on any atom is -0.495 e. The van der Waals surface area contributed by atoms with Crippen LogP contribution in [0.15, 0.2) is 47.4 Å². The third-order valence-electron chi connectivity index (χ3n) is 3.87. The van der Waals surface area contributed by atoms with Gasteiger partial charge in [0.05, 0.1) is 19.3 Å². The Hall–Kier alpha value is -2.54. The van der Waals surface area contributed by atoms with Gasteiger partial charge in [0.2, 0.25) is 5.91 Å². The van der Waals surface area contributed by atoms with Gasteiger partial charge in [-0.2, -0.15) is 0 Å². The average Bonchev–Trinajstić information content (AvgIpc) is 2.59. The monoisotopic (exact) mass is 376 g/mol. The second kappa shape index (κ2) is 8.23. The highest BCUT2D eigenvalue weighted by Gasteiger charge is 2.19. The van der Waals surface area contributed by atoms with Gasteiger partial charge in [-0.1, -0.05) is 38.1 Å². The molecule has 7 heteroatoms. The van der Waals surface area contributed by atoms with Crippen molar-refractivity contribution in [3.8, 4) is 5.75 Å². The minimum atomic E-state index is -3.52. The molecule has 0 heterocycles. The van der Waals surface area contributed by atoms with Crippen LogP contribution in [0.5, 0.6) is 5.75 Å². The van der Waals surface area contributed by atoms with Crippen molar-refractivity contribution in [1.29, 1.82) is 0 Å². The summed E-state index contributed by atoms with van der Waals surface area (Å²) in [6.07, 6.45) is 1.11. The van der Waals surface area contributed by atoms with Gasteiger partial charge < -0.3 is 15.4 Å².